The van der Waals surface area contributed by atoms with Gasteiger partial charge in [-0.3, -0.25) is 0 Å². The van der Waals surface area contributed by atoms with Crippen LogP contribution in [0.4, 0.5) is 0 Å². The predicted molar refractivity (Wildman–Crippen MR) is 94.6 cm³/mol. The van der Waals surface area contributed by atoms with Crippen molar-refractivity contribution in [3.63, 3.8) is 0 Å². The number of nitrogens with one attached hydrogen (secondary N) is 1. The number of esters is 1. The molecule has 0 spiro atoms. The fourth-order valence-corrected chi connectivity index (χ4v) is 3.68. The molecule has 0 aliphatic carbocycles. The summed E-state index contributed by atoms with van der Waals surface area (Å²) in [6.45, 7) is 5.30. The molecule has 0 aliphatic heterocycles. The monoisotopic (exact) mass is 363 g/mol. The van der Waals surface area contributed by atoms with Crippen molar-refractivity contribution >= 4 is 16.0 Å². The van der Waals surface area contributed by atoms with Gasteiger partial charge in [0.15, 0.2) is 0 Å². The molecule has 7 heteroatoms. The van der Waals surface area contributed by atoms with E-state index in [0.717, 1.165) is 5.56 Å². The lowest BCUT2D eigenvalue weighted by Crippen LogP contribution is -2.30. The molecule has 0 saturated carbocycles. The van der Waals surface area contributed by atoms with Crippen LogP contribution in [0.2, 0.25) is 0 Å². The summed E-state index contributed by atoms with van der Waals surface area (Å²) >= 11 is 0. The Morgan fingerprint density at radius 3 is 2.44 bits per heavy atom. The van der Waals surface area contributed by atoms with E-state index in [2.05, 4.69) is 4.72 Å². The first-order chi connectivity index (χ1) is 11.7. The van der Waals surface area contributed by atoms with E-state index in [1.807, 2.05) is 13.0 Å². The molecule has 6 nitrogen and oxygen atoms in total. The molecule has 0 amide bonds. The van der Waals surface area contributed by atoms with Crippen molar-refractivity contribution in [3.05, 3.63) is 53.6 Å². The van der Waals surface area contributed by atoms with Crippen LogP contribution in [0.3, 0.4) is 0 Å². The second-order valence-electron chi connectivity index (χ2n) is 5.85. The normalized spacial score (nSPS) is 11.4. The quantitative estimate of drug-likeness (QED) is 0.630. The van der Waals surface area contributed by atoms with E-state index in [0.29, 0.717) is 5.75 Å². The van der Waals surface area contributed by atoms with Crippen LogP contribution < -0.4 is 14.2 Å². The number of carbonyl (C=O) groups excluding carboxylic acids is 1. The lowest BCUT2D eigenvalue weighted by molar-refractivity contribution is 0.0734. The van der Waals surface area contributed by atoms with Crippen LogP contribution in [-0.4, -0.2) is 27.5 Å². The molecule has 2 aromatic rings. The van der Waals surface area contributed by atoms with E-state index in [9.17, 15) is 13.2 Å². The summed E-state index contributed by atoms with van der Waals surface area (Å²) in [5, 5.41) is 0. The molecule has 2 aromatic carbocycles. The molecule has 134 valence electrons. The number of hydrogen-bond donors (Lipinski definition) is 1. The van der Waals surface area contributed by atoms with Gasteiger partial charge in [-0.1, -0.05) is 12.1 Å². The van der Waals surface area contributed by atoms with Crippen LogP contribution in [-0.2, 0) is 10.0 Å². The SMILES string of the molecule is COc1ccc(C(=O)Oc2cccc(C)c2)cc1S(=O)(=O)NC(C)C. The minimum Gasteiger partial charge on any atom is -0.495 e. The Balaban J connectivity index is 2.36. The standard InChI is InChI=1S/C18H21NO5S/c1-12(2)19-25(21,22)17-11-14(8-9-16(17)23-4)18(20)24-15-7-5-6-13(3)10-15/h5-12,19H,1-4H3. The van der Waals surface area contributed by atoms with Gasteiger partial charge < -0.3 is 9.47 Å². The second-order valence-corrected chi connectivity index (χ2v) is 7.53. The first kappa shape index (κ1) is 19.0. The molecule has 0 aromatic heterocycles. The summed E-state index contributed by atoms with van der Waals surface area (Å²) < 4.78 is 37.8. The maximum atomic E-state index is 12.5. The molecule has 0 saturated heterocycles. The molecule has 0 aliphatic rings. The molecule has 1 N–H and O–H groups in total. The molecule has 0 unspecified atom stereocenters. The average molecular weight is 363 g/mol. The molecule has 0 bridgehead atoms. The molecule has 0 atom stereocenters. The number of methoxy groups -OCH3 is 1. The molecule has 0 fully saturated rings. The third-order valence-corrected chi connectivity index (χ3v) is 4.96. The lowest BCUT2D eigenvalue weighted by Gasteiger charge is -2.14. The fourth-order valence-electron chi connectivity index (χ4n) is 2.23. The number of benzene rings is 2. The molecule has 25 heavy (non-hydrogen) atoms. The van der Waals surface area contributed by atoms with Crippen LogP contribution in [0.15, 0.2) is 47.4 Å². The number of sulfonamides is 1. The summed E-state index contributed by atoms with van der Waals surface area (Å²) in [4.78, 5) is 12.2. The van der Waals surface area contributed by atoms with Crippen molar-refractivity contribution in [1.29, 1.82) is 0 Å². The van der Waals surface area contributed by atoms with Gasteiger partial charge in [-0.05, 0) is 56.7 Å². The van der Waals surface area contributed by atoms with E-state index in [1.54, 1.807) is 32.0 Å². The maximum absolute atomic E-state index is 12.5. The van der Waals surface area contributed by atoms with Gasteiger partial charge in [0.25, 0.3) is 0 Å². The molecule has 2 rings (SSSR count). The van der Waals surface area contributed by atoms with Crippen molar-refractivity contribution in [1.82, 2.24) is 4.72 Å². The summed E-state index contributed by atoms with van der Waals surface area (Å²) in [5.74, 6) is -0.0972. The number of rotatable bonds is 6. The molecule has 0 heterocycles. The van der Waals surface area contributed by atoms with E-state index in [1.165, 1.54) is 25.3 Å². The summed E-state index contributed by atoms with van der Waals surface area (Å²) in [6, 6.07) is 10.9. The van der Waals surface area contributed by atoms with Gasteiger partial charge in [0.2, 0.25) is 10.0 Å². The highest BCUT2D eigenvalue weighted by atomic mass is 32.2. The van der Waals surface area contributed by atoms with Crippen LogP contribution in [0.1, 0.15) is 29.8 Å². The van der Waals surface area contributed by atoms with Gasteiger partial charge in [-0.15, -0.1) is 0 Å². The van der Waals surface area contributed by atoms with Crippen molar-refractivity contribution in [2.75, 3.05) is 7.11 Å². The summed E-state index contributed by atoms with van der Waals surface area (Å²) in [7, 11) is -2.45. The number of hydrogen-bond acceptors (Lipinski definition) is 5. The first-order valence-electron chi connectivity index (χ1n) is 7.72. The van der Waals surface area contributed by atoms with Crippen LogP contribution in [0.5, 0.6) is 11.5 Å². The zero-order valence-electron chi connectivity index (χ0n) is 14.6. The van der Waals surface area contributed by atoms with Crippen LogP contribution >= 0.6 is 0 Å². The highest BCUT2D eigenvalue weighted by Crippen LogP contribution is 2.26. The van der Waals surface area contributed by atoms with Crippen molar-refractivity contribution in [2.45, 2.75) is 31.7 Å². The Labute approximate surface area is 147 Å². The molecule has 0 radical (unpaired) electrons. The van der Waals surface area contributed by atoms with Crippen LogP contribution in [0, 0.1) is 6.92 Å². The highest BCUT2D eigenvalue weighted by Gasteiger charge is 2.23. The zero-order valence-corrected chi connectivity index (χ0v) is 15.4. The fraction of sp³-hybridized carbons (Fsp3) is 0.278. The van der Waals surface area contributed by atoms with Gasteiger partial charge in [0.05, 0.1) is 12.7 Å². The van der Waals surface area contributed by atoms with Crippen molar-refractivity contribution < 1.29 is 22.7 Å². The van der Waals surface area contributed by atoms with E-state index >= 15 is 0 Å². The Kier molecular flexibility index (Phi) is 5.81. The lowest BCUT2D eigenvalue weighted by atomic mass is 10.2. The number of carbonyl (C=O) groups is 1. The van der Waals surface area contributed by atoms with E-state index < -0.39 is 16.0 Å². The van der Waals surface area contributed by atoms with Gasteiger partial charge in [0.1, 0.15) is 16.4 Å². The first-order valence-corrected chi connectivity index (χ1v) is 9.20. The summed E-state index contributed by atoms with van der Waals surface area (Å²) in [5.41, 5.74) is 1.07. The topological polar surface area (TPSA) is 81.7 Å². The minimum atomic E-state index is -3.82. The van der Waals surface area contributed by atoms with E-state index in [-0.39, 0.29) is 22.3 Å². The third kappa shape index (κ3) is 4.80. The third-order valence-electron chi connectivity index (χ3n) is 3.28. The highest BCUT2D eigenvalue weighted by molar-refractivity contribution is 7.89. The Hall–Kier alpha value is -2.38. The van der Waals surface area contributed by atoms with Gasteiger partial charge in [-0.25, -0.2) is 17.9 Å². The average Bonchev–Trinajstić information content (AvgIpc) is 2.53. The van der Waals surface area contributed by atoms with Gasteiger partial charge in [0, 0.05) is 6.04 Å². The van der Waals surface area contributed by atoms with Crippen molar-refractivity contribution in [2.24, 2.45) is 0 Å². The zero-order chi connectivity index (χ0) is 18.6. The number of ether oxygens (including phenoxy) is 2. The number of aryl methyl sites for hydroxylation is 1. The van der Waals surface area contributed by atoms with Gasteiger partial charge >= 0.3 is 5.97 Å². The van der Waals surface area contributed by atoms with Gasteiger partial charge in [-0.2, -0.15) is 0 Å². The maximum Gasteiger partial charge on any atom is 0.343 e. The second kappa shape index (κ2) is 7.67. The molecular weight excluding hydrogens is 342 g/mol. The largest absolute Gasteiger partial charge is 0.495 e. The predicted octanol–water partition coefficient (Wildman–Crippen LogP) is 2.91. The summed E-state index contributed by atoms with van der Waals surface area (Å²) in [6.07, 6.45) is 0. The molecular formula is C18H21NO5S. The minimum absolute atomic E-state index is 0.109. The Morgan fingerprint density at radius 1 is 1.12 bits per heavy atom. The van der Waals surface area contributed by atoms with Crippen molar-refractivity contribution in [3.8, 4) is 11.5 Å². The van der Waals surface area contributed by atoms with E-state index in [4.69, 9.17) is 9.47 Å². The van der Waals surface area contributed by atoms with Crippen LogP contribution in [0.25, 0.3) is 0 Å². The Bertz CT molecular complexity index is 875. The Morgan fingerprint density at radius 2 is 1.84 bits per heavy atom. The smallest absolute Gasteiger partial charge is 0.343 e.